The smallest absolute Gasteiger partial charge is 0.414 e. The predicted octanol–water partition coefficient (Wildman–Crippen LogP) is 3.48. The molecule has 1 aliphatic rings. The highest BCUT2D eigenvalue weighted by Gasteiger charge is 2.27. The summed E-state index contributed by atoms with van der Waals surface area (Å²) in [7, 11) is 0. The minimum atomic E-state index is -1.05. The standard InChI is InChI=1S/C20H18Cl2N6O5/c1-3-32-20(31)24-17(29)14(8-23)26-25-10-6-12(21)16(13(22)7-10)33-19-11-5-4-9(2)15(11)18(30)27-28-19/h6-7,9,25H,3-5H2,1-2H3,(H,27,30)(H,24,29,31)/b26-14+. The number of hydrazone groups is 1. The molecule has 1 unspecified atom stereocenters. The number of nitrogens with one attached hydrogen (secondary N) is 3. The van der Waals surface area contributed by atoms with Crippen LogP contribution < -0.4 is 21.0 Å². The fourth-order valence-electron chi connectivity index (χ4n) is 3.22. The molecule has 1 aromatic carbocycles. The second-order valence-corrected chi connectivity index (χ2v) is 7.73. The van der Waals surface area contributed by atoms with Crippen molar-refractivity contribution in [1.29, 1.82) is 5.26 Å². The molecule has 3 N–H and O–H groups in total. The van der Waals surface area contributed by atoms with Crippen LogP contribution in [0.1, 0.15) is 37.3 Å². The minimum absolute atomic E-state index is 0.0538. The second kappa shape index (κ2) is 10.3. The molecule has 13 heteroatoms. The monoisotopic (exact) mass is 492 g/mol. The summed E-state index contributed by atoms with van der Waals surface area (Å²) >= 11 is 12.6. The highest BCUT2D eigenvalue weighted by atomic mass is 35.5. The average Bonchev–Trinajstić information content (AvgIpc) is 3.15. The number of anilines is 1. The van der Waals surface area contributed by atoms with Gasteiger partial charge in [-0.05, 0) is 37.8 Å². The number of aromatic nitrogens is 2. The zero-order chi connectivity index (χ0) is 24.1. The van der Waals surface area contributed by atoms with E-state index < -0.39 is 17.7 Å². The predicted molar refractivity (Wildman–Crippen MR) is 120 cm³/mol. The molecule has 33 heavy (non-hydrogen) atoms. The molecule has 172 valence electrons. The fourth-order valence-corrected chi connectivity index (χ4v) is 3.78. The molecule has 1 aromatic heterocycles. The SMILES string of the molecule is CCOC(=O)NC(=O)/C(C#N)=N/Nc1cc(Cl)c(Oc2n[nH]c(=O)c3c2CCC3C)c(Cl)c1. The number of benzene rings is 1. The summed E-state index contributed by atoms with van der Waals surface area (Å²) in [5.74, 6) is -0.652. The number of carbonyl (C=O) groups is 2. The molecule has 11 nitrogen and oxygen atoms in total. The van der Waals surface area contributed by atoms with E-state index in [2.05, 4.69) is 25.5 Å². The number of nitriles is 1. The first-order valence-corrected chi connectivity index (χ1v) is 10.5. The molecule has 0 radical (unpaired) electrons. The van der Waals surface area contributed by atoms with E-state index in [-0.39, 0.29) is 45.4 Å². The van der Waals surface area contributed by atoms with Crippen LogP contribution in [0.25, 0.3) is 0 Å². The zero-order valence-electron chi connectivity index (χ0n) is 17.5. The molecule has 3 rings (SSSR count). The van der Waals surface area contributed by atoms with Gasteiger partial charge >= 0.3 is 6.09 Å². The number of amides is 2. The average molecular weight is 493 g/mol. The maximum atomic E-state index is 12.1. The van der Waals surface area contributed by atoms with Crippen molar-refractivity contribution in [3.63, 3.8) is 0 Å². The van der Waals surface area contributed by atoms with Crippen molar-refractivity contribution in [3.05, 3.63) is 43.7 Å². The lowest BCUT2D eigenvalue weighted by molar-refractivity contribution is -0.114. The van der Waals surface area contributed by atoms with Crippen molar-refractivity contribution in [3.8, 4) is 17.7 Å². The molecule has 1 heterocycles. The number of carbonyl (C=O) groups excluding carboxylic acids is 2. The van der Waals surface area contributed by atoms with Gasteiger partial charge in [0, 0.05) is 11.1 Å². The highest BCUT2D eigenvalue weighted by Crippen LogP contribution is 2.41. The van der Waals surface area contributed by atoms with Crippen molar-refractivity contribution < 1.29 is 19.1 Å². The Morgan fingerprint density at radius 2 is 2.06 bits per heavy atom. The molecule has 0 spiro atoms. The van der Waals surface area contributed by atoms with Crippen molar-refractivity contribution >= 4 is 46.6 Å². The number of rotatable bonds is 6. The molecular weight excluding hydrogens is 475 g/mol. The molecular formula is C20H18Cl2N6O5. The summed E-state index contributed by atoms with van der Waals surface area (Å²) in [5, 5.41) is 21.2. The quantitative estimate of drug-likeness (QED) is 0.408. The van der Waals surface area contributed by atoms with E-state index in [0.29, 0.717) is 17.5 Å². The van der Waals surface area contributed by atoms with Crippen molar-refractivity contribution in [2.75, 3.05) is 12.0 Å². The number of ether oxygens (including phenoxy) is 2. The molecule has 2 aromatic rings. The van der Waals surface area contributed by atoms with Crippen LogP contribution in [0.5, 0.6) is 11.6 Å². The summed E-state index contributed by atoms with van der Waals surface area (Å²) < 4.78 is 10.4. The van der Waals surface area contributed by atoms with Crippen LogP contribution in [0.2, 0.25) is 10.0 Å². The van der Waals surface area contributed by atoms with Gasteiger partial charge in [-0.1, -0.05) is 30.1 Å². The van der Waals surface area contributed by atoms with Gasteiger partial charge in [0.25, 0.3) is 11.5 Å². The molecule has 2 amide bonds. The first kappa shape index (κ1) is 24.0. The molecule has 0 bridgehead atoms. The number of imide groups is 1. The van der Waals surface area contributed by atoms with E-state index in [0.717, 1.165) is 6.42 Å². The van der Waals surface area contributed by atoms with Gasteiger partial charge in [0.1, 0.15) is 6.07 Å². The fraction of sp³-hybridized carbons (Fsp3) is 0.300. The van der Waals surface area contributed by atoms with Crippen LogP contribution in [0.4, 0.5) is 10.5 Å². The van der Waals surface area contributed by atoms with E-state index in [1.165, 1.54) is 12.1 Å². The first-order chi connectivity index (χ1) is 15.7. The Hall–Kier alpha value is -3.62. The number of nitrogens with zero attached hydrogens (tertiary/aromatic N) is 3. The van der Waals surface area contributed by atoms with E-state index in [1.807, 2.05) is 12.2 Å². The van der Waals surface area contributed by atoms with Gasteiger partial charge in [0.2, 0.25) is 11.6 Å². The lowest BCUT2D eigenvalue weighted by Crippen LogP contribution is -2.36. The van der Waals surface area contributed by atoms with Crippen molar-refractivity contribution in [2.45, 2.75) is 32.6 Å². The lowest BCUT2D eigenvalue weighted by Gasteiger charge is -2.13. The molecule has 0 saturated carbocycles. The van der Waals surface area contributed by atoms with E-state index >= 15 is 0 Å². The number of alkyl carbamates (subject to hydrolysis) is 1. The van der Waals surface area contributed by atoms with Gasteiger partial charge in [0.05, 0.1) is 22.3 Å². The second-order valence-electron chi connectivity index (χ2n) is 6.92. The minimum Gasteiger partial charge on any atom is -0.450 e. The number of fused-ring (bicyclic) bond motifs is 1. The van der Waals surface area contributed by atoms with E-state index in [9.17, 15) is 14.4 Å². The lowest BCUT2D eigenvalue weighted by atomic mass is 10.1. The Bertz CT molecular complexity index is 1210. The van der Waals surface area contributed by atoms with E-state index in [4.69, 9.17) is 33.2 Å². The molecule has 0 fully saturated rings. The largest absolute Gasteiger partial charge is 0.450 e. The number of hydrogen-bond donors (Lipinski definition) is 3. The Labute approximate surface area is 197 Å². The third-order valence-electron chi connectivity index (χ3n) is 4.71. The summed E-state index contributed by atoms with van der Waals surface area (Å²) in [6.45, 7) is 3.57. The summed E-state index contributed by atoms with van der Waals surface area (Å²) in [6, 6.07) is 4.37. The normalized spacial score (nSPS) is 14.8. The van der Waals surface area contributed by atoms with Gasteiger partial charge in [-0.25, -0.2) is 9.89 Å². The van der Waals surface area contributed by atoms with Gasteiger partial charge in [0.15, 0.2) is 5.75 Å². The van der Waals surface area contributed by atoms with Crippen LogP contribution in [0.3, 0.4) is 0 Å². The molecule has 1 atom stereocenters. The summed E-state index contributed by atoms with van der Waals surface area (Å²) in [4.78, 5) is 35.3. The van der Waals surface area contributed by atoms with Gasteiger partial charge < -0.3 is 9.47 Å². The third kappa shape index (κ3) is 5.42. The van der Waals surface area contributed by atoms with Crippen LogP contribution >= 0.6 is 23.2 Å². The number of aromatic amines is 1. The van der Waals surface area contributed by atoms with Gasteiger partial charge in [-0.3, -0.25) is 20.3 Å². The van der Waals surface area contributed by atoms with Crippen LogP contribution in [-0.4, -0.2) is 34.5 Å². The van der Waals surface area contributed by atoms with E-state index in [1.54, 1.807) is 13.0 Å². The molecule has 0 saturated heterocycles. The summed E-state index contributed by atoms with van der Waals surface area (Å²) in [6.07, 6.45) is 0.431. The van der Waals surface area contributed by atoms with Crippen LogP contribution in [0.15, 0.2) is 22.0 Å². The Balaban J connectivity index is 1.79. The molecule has 1 aliphatic carbocycles. The van der Waals surface area contributed by atoms with Crippen LogP contribution in [0, 0.1) is 11.3 Å². The van der Waals surface area contributed by atoms with Crippen molar-refractivity contribution in [1.82, 2.24) is 15.5 Å². The van der Waals surface area contributed by atoms with Crippen LogP contribution in [-0.2, 0) is 16.0 Å². The number of hydrogen-bond acceptors (Lipinski definition) is 9. The first-order valence-electron chi connectivity index (χ1n) is 9.75. The Morgan fingerprint density at radius 1 is 1.36 bits per heavy atom. The maximum Gasteiger partial charge on any atom is 0.414 e. The van der Waals surface area contributed by atoms with Gasteiger partial charge in [-0.2, -0.15) is 10.4 Å². The Morgan fingerprint density at radius 3 is 2.70 bits per heavy atom. The van der Waals surface area contributed by atoms with Crippen molar-refractivity contribution in [2.24, 2.45) is 5.10 Å². The Kier molecular flexibility index (Phi) is 7.52. The van der Waals surface area contributed by atoms with Gasteiger partial charge in [-0.15, -0.1) is 5.10 Å². The highest BCUT2D eigenvalue weighted by molar-refractivity contribution is 6.47. The summed E-state index contributed by atoms with van der Waals surface area (Å²) in [5.41, 5.74) is 3.17. The maximum absolute atomic E-state index is 12.1. The number of halogens is 2. The third-order valence-corrected chi connectivity index (χ3v) is 5.27. The zero-order valence-corrected chi connectivity index (χ0v) is 19.0. The molecule has 0 aliphatic heterocycles. The number of H-pyrrole nitrogens is 1. The topological polar surface area (TPSA) is 159 Å².